The molecule has 0 aromatic heterocycles. The molecule has 0 fully saturated rings. The molecule has 1 amide bonds. The van der Waals surface area contributed by atoms with Crippen molar-refractivity contribution >= 4 is 17.5 Å². The van der Waals surface area contributed by atoms with Gasteiger partial charge in [-0.15, -0.1) is 0 Å². The number of benzene rings is 2. The predicted octanol–water partition coefficient (Wildman–Crippen LogP) is 4.15. The van der Waals surface area contributed by atoms with Gasteiger partial charge in [-0.1, -0.05) is 35.9 Å². The van der Waals surface area contributed by atoms with Gasteiger partial charge in [0.15, 0.2) is 0 Å². The van der Waals surface area contributed by atoms with Gasteiger partial charge in [0.25, 0.3) is 5.91 Å². The summed E-state index contributed by atoms with van der Waals surface area (Å²) < 4.78 is 5.08. The third kappa shape index (κ3) is 3.56. The van der Waals surface area contributed by atoms with Gasteiger partial charge < -0.3 is 10.1 Å². The van der Waals surface area contributed by atoms with Crippen molar-refractivity contribution in [2.75, 3.05) is 7.11 Å². The Bertz CT molecular complexity index is 655. The molecule has 1 atom stereocenters. The molecule has 4 heteroatoms. The van der Waals surface area contributed by atoms with Crippen LogP contribution >= 0.6 is 11.6 Å². The van der Waals surface area contributed by atoms with Gasteiger partial charge in [-0.3, -0.25) is 4.79 Å². The normalized spacial score (nSPS) is 11.8. The van der Waals surface area contributed by atoms with Crippen molar-refractivity contribution in [3.63, 3.8) is 0 Å². The highest BCUT2D eigenvalue weighted by atomic mass is 35.5. The minimum absolute atomic E-state index is 0.0698. The van der Waals surface area contributed by atoms with Gasteiger partial charge in [0, 0.05) is 5.56 Å². The summed E-state index contributed by atoms with van der Waals surface area (Å²) in [5, 5.41) is 3.40. The average Bonchev–Trinajstić information content (AvgIpc) is 2.47. The molecule has 110 valence electrons. The van der Waals surface area contributed by atoms with Crippen molar-refractivity contribution in [1.29, 1.82) is 0 Å². The lowest BCUT2D eigenvalue weighted by Crippen LogP contribution is -2.27. The first-order chi connectivity index (χ1) is 10.0. The minimum atomic E-state index is -0.157. The fourth-order valence-electron chi connectivity index (χ4n) is 2.24. The van der Waals surface area contributed by atoms with E-state index in [2.05, 4.69) is 5.32 Å². The Morgan fingerprint density at radius 2 is 1.95 bits per heavy atom. The van der Waals surface area contributed by atoms with Gasteiger partial charge in [0.1, 0.15) is 5.75 Å². The quantitative estimate of drug-likeness (QED) is 0.921. The summed E-state index contributed by atoms with van der Waals surface area (Å²) in [6.45, 7) is 3.99. The second-order valence-electron chi connectivity index (χ2n) is 4.90. The monoisotopic (exact) mass is 303 g/mol. The number of methoxy groups -OCH3 is 1. The lowest BCUT2D eigenvalue weighted by Gasteiger charge is -2.17. The molecule has 2 aromatic carbocycles. The third-order valence-electron chi connectivity index (χ3n) is 3.42. The van der Waals surface area contributed by atoms with Crippen molar-refractivity contribution in [2.24, 2.45) is 0 Å². The molecule has 3 nitrogen and oxygen atoms in total. The van der Waals surface area contributed by atoms with E-state index in [0.717, 1.165) is 11.1 Å². The van der Waals surface area contributed by atoms with E-state index in [1.165, 1.54) is 0 Å². The van der Waals surface area contributed by atoms with E-state index in [9.17, 15) is 4.79 Å². The molecule has 0 saturated heterocycles. The molecule has 0 aliphatic carbocycles. The molecule has 2 aromatic rings. The maximum Gasteiger partial charge on any atom is 0.251 e. The standard InChI is InChI=1S/C17H18ClNO2/c1-11-6-4-5-7-14(11)12(2)19-17(20)13-8-9-16(21-3)15(18)10-13/h4-10,12H,1-3H3,(H,19,20)/t12-/m0/s1. The van der Waals surface area contributed by atoms with Crippen molar-refractivity contribution in [2.45, 2.75) is 19.9 Å². The number of ether oxygens (including phenoxy) is 1. The van der Waals surface area contributed by atoms with E-state index in [-0.39, 0.29) is 11.9 Å². The highest BCUT2D eigenvalue weighted by Crippen LogP contribution is 2.25. The number of halogens is 1. The first-order valence-electron chi connectivity index (χ1n) is 6.73. The van der Waals surface area contributed by atoms with Crippen molar-refractivity contribution in [3.8, 4) is 5.75 Å². The van der Waals surface area contributed by atoms with Gasteiger partial charge in [0.2, 0.25) is 0 Å². The molecule has 0 spiro atoms. The number of hydrogen-bond donors (Lipinski definition) is 1. The predicted molar refractivity (Wildman–Crippen MR) is 85.1 cm³/mol. The molecule has 0 unspecified atom stereocenters. The van der Waals surface area contributed by atoms with Crippen LogP contribution < -0.4 is 10.1 Å². The number of amides is 1. The molecule has 1 N–H and O–H groups in total. The first-order valence-corrected chi connectivity index (χ1v) is 7.10. The molecular formula is C17H18ClNO2. The fourth-order valence-corrected chi connectivity index (χ4v) is 2.50. The summed E-state index contributed by atoms with van der Waals surface area (Å²) in [5.74, 6) is 0.399. The Kier molecular flexibility index (Phi) is 4.86. The molecule has 0 saturated carbocycles. The van der Waals surface area contributed by atoms with E-state index in [4.69, 9.17) is 16.3 Å². The van der Waals surface area contributed by atoms with Crippen LogP contribution in [-0.2, 0) is 0 Å². The smallest absolute Gasteiger partial charge is 0.251 e. The lowest BCUT2D eigenvalue weighted by atomic mass is 10.0. The van der Waals surface area contributed by atoms with Crippen LogP contribution in [0.2, 0.25) is 5.02 Å². The van der Waals surface area contributed by atoms with E-state index >= 15 is 0 Å². The van der Waals surface area contributed by atoms with Gasteiger partial charge in [-0.25, -0.2) is 0 Å². The van der Waals surface area contributed by atoms with Crippen molar-refractivity contribution in [3.05, 3.63) is 64.2 Å². The average molecular weight is 304 g/mol. The van der Waals surface area contributed by atoms with Crippen LogP contribution in [0.1, 0.15) is 34.5 Å². The van der Waals surface area contributed by atoms with Crippen LogP contribution in [0.3, 0.4) is 0 Å². The highest BCUT2D eigenvalue weighted by Gasteiger charge is 2.14. The molecule has 2 rings (SSSR count). The van der Waals surface area contributed by atoms with Crippen LogP contribution in [-0.4, -0.2) is 13.0 Å². The summed E-state index contributed by atoms with van der Waals surface area (Å²) >= 11 is 6.05. The SMILES string of the molecule is COc1ccc(C(=O)N[C@@H](C)c2ccccc2C)cc1Cl. The number of rotatable bonds is 4. The highest BCUT2D eigenvalue weighted by molar-refractivity contribution is 6.32. The molecule has 0 aliphatic heterocycles. The van der Waals surface area contributed by atoms with E-state index in [1.807, 2.05) is 38.1 Å². The summed E-state index contributed by atoms with van der Waals surface area (Å²) in [6, 6.07) is 12.9. The number of nitrogens with one attached hydrogen (secondary N) is 1. The van der Waals surface area contributed by atoms with Gasteiger partial charge in [0.05, 0.1) is 18.2 Å². The molecule has 0 radical (unpaired) electrons. The number of hydrogen-bond acceptors (Lipinski definition) is 2. The van der Waals surface area contributed by atoms with E-state index in [0.29, 0.717) is 16.3 Å². The summed E-state index contributed by atoms with van der Waals surface area (Å²) in [7, 11) is 1.54. The molecule has 0 heterocycles. The van der Waals surface area contributed by atoms with Crippen LogP contribution in [0.15, 0.2) is 42.5 Å². The number of aryl methyl sites for hydroxylation is 1. The second-order valence-corrected chi connectivity index (χ2v) is 5.31. The summed E-state index contributed by atoms with van der Waals surface area (Å²) in [5.41, 5.74) is 2.77. The van der Waals surface area contributed by atoms with Crippen molar-refractivity contribution in [1.82, 2.24) is 5.32 Å². The van der Waals surface area contributed by atoms with E-state index in [1.54, 1.807) is 25.3 Å². The van der Waals surface area contributed by atoms with Crippen molar-refractivity contribution < 1.29 is 9.53 Å². The van der Waals surface area contributed by atoms with Gasteiger partial charge in [-0.05, 0) is 43.2 Å². The number of carbonyl (C=O) groups excluding carboxylic acids is 1. The molecule has 0 bridgehead atoms. The molecule has 0 aliphatic rings. The second kappa shape index (κ2) is 6.64. The first kappa shape index (κ1) is 15.4. The van der Waals surface area contributed by atoms with Crippen LogP contribution in [0.4, 0.5) is 0 Å². The lowest BCUT2D eigenvalue weighted by molar-refractivity contribution is 0.0940. The van der Waals surface area contributed by atoms with E-state index < -0.39 is 0 Å². The zero-order chi connectivity index (χ0) is 15.4. The zero-order valence-corrected chi connectivity index (χ0v) is 13.1. The maximum atomic E-state index is 12.3. The van der Waals surface area contributed by atoms with Gasteiger partial charge >= 0.3 is 0 Å². The Hall–Kier alpha value is -2.00. The van der Waals surface area contributed by atoms with Gasteiger partial charge in [-0.2, -0.15) is 0 Å². The Morgan fingerprint density at radius 3 is 2.57 bits per heavy atom. The third-order valence-corrected chi connectivity index (χ3v) is 3.71. The molecular weight excluding hydrogens is 286 g/mol. The van der Waals surface area contributed by atoms with Crippen LogP contribution in [0, 0.1) is 6.92 Å². The topological polar surface area (TPSA) is 38.3 Å². The zero-order valence-electron chi connectivity index (χ0n) is 12.3. The fraction of sp³-hybridized carbons (Fsp3) is 0.235. The Labute approximate surface area is 129 Å². The summed E-state index contributed by atoms with van der Waals surface area (Å²) in [6.07, 6.45) is 0. The Morgan fingerprint density at radius 1 is 1.24 bits per heavy atom. The maximum absolute atomic E-state index is 12.3. The van der Waals surface area contributed by atoms with Crippen LogP contribution in [0.25, 0.3) is 0 Å². The molecule has 21 heavy (non-hydrogen) atoms. The minimum Gasteiger partial charge on any atom is -0.495 e. The number of carbonyl (C=O) groups is 1. The largest absolute Gasteiger partial charge is 0.495 e. The summed E-state index contributed by atoms with van der Waals surface area (Å²) in [4.78, 5) is 12.3. The van der Waals surface area contributed by atoms with Crippen LogP contribution in [0.5, 0.6) is 5.75 Å². The Balaban J connectivity index is 2.14.